The fourth-order valence-corrected chi connectivity index (χ4v) is 8.36. The summed E-state index contributed by atoms with van der Waals surface area (Å²) in [6.07, 6.45) is -1.90. The molecule has 0 aromatic rings. The highest BCUT2D eigenvalue weighted by Crippen LogP contribution is 2.67. The number of fused-ring (bicyclic) bond motifs is 5. The first kappa shape index (κ1) is 28.5. The lowest BCUT2D eigenvalue weighted by Gasteiger charge is -2.59. The average Bonchev–Trinajstić information content (AvgIpc) is 3.17. The normalized spacial score (nSPS) is 49.0. The van der Waals surface area contributed by atoms with Crippen molar-refractivity contribution in [3.63, 3.8) is 0 Å². The number of hydrogen-bond donors (Lipinski definition) is 5. The lowest BCUT2D eigenvalue weighted by Crippen LogP contribution is -2.62. The van der Waals surface area contributed by atoms with Gasteiger partial charge in [-0.25, -0.2) is 4.79 Å². The fraction of sp³-hybridized carbons (Fsp3) is 0.750. The summed E-state index contributed by atoms with van der Waals surface area (Å²) in [6.45, 7) is 3.19. The Kier molecular flexibility index (Phi) is 7.19. The molecule has 0 aromatic heterocycles. The van der Waals surface area contributed by atoms with E-state index in [0.717, 1.165) is 19.1 Å². The van der Waals surface area contributed by atoms with Crippen molar-refractivity contribution < 1.29 is 54.1 Å². The van der Waals surface area contributed by atoms with E-state index in [1.54, 1.807) is 12.2 Å². The number of rotatable bonds is 5. The van der Waals surface area contributed by atoms with Crippen molar-refractivity contribution in [2.24, 2.45) is 28.6 Å². The standard InChI is InChI=1S/C28H38O11/c1-26-8-6-14(29)10-13(26)4-5-15-16-7-9-28(36,27(16,2)11-17(30)19(15)26)18(31)12-38-25-22(34)20(32)21(33)23(39-25)24(35)37-3/h6,8,10,15-17,19-23,25,30,32-34,36H,4-5,7,9,11-12H2,1-3H3. The summed E-state index contributed by atoms with van der Waals surface area (Å²) in [6, 6.07) is 0. The van der Waals surface area contributed by atoms with Crippen LogP contribution < -0.4 is 0 Å². The molecule has 0 spiro atoms. The van der Waals surface area contributed by atoms with Gasteiger partial charge < -0.3 is 39.7 Å². The number of Topliss-reactive ketones (excluding diaryl/α,β-unsaturated/α-hetero) is 1. The van der Waals surface area contributed by atoms with Gasteiger partial charge in [-0.2, -0.15) is 0 Å². The zero-order valence-electron chi connectivity index (χ0n) is 22.4. The van der Waals surface area contributed by atoms with Crippen LogP contribution in [0.4, 0.5) is 0 Å². The second-order valence-corrected chi connectivity index (χ2v) is 12.3. The predicted molar refractivity (Wildman–Crippen MR) is 133 cm³/mol. The van der Waals surface area contributed by atoms with Crippen molar-refractivity contribution in [2.75, 3.05) is 13.7 Å². The molecular weight excluding hydrogens is 512 g/mol. The maximum Gasteiger partial charge on any atom is 0.337 e. The minimum atomic E-state index is -1.82. The summed E-state index contributed by atoms with van der Waals surface area (Å²) in [5, 5.41) is 53.8. The van der Waals surface area contributed by atoms with Crippen molar-refractivity contribution in [3.8, 4) is 0 Å². The number of aliphatic hydroxyl groups is 5. The molecule has 12 atom stereocenters. The lowest BCUT2D eigenvalue weighted by atomic mass is 9.46. The third-order valence-corrected chi connectivity index (χ3v) is 10.5. The Morgan fingerprint density at radius 2 is 1.82 bits per heavy atom. The highest BCUT2D eigenvalue weighted by molar-refractivity contribution is 6.01. The van der Waals surface area contributed by atoms with Crippen LogP contribution in [0.25, 0.3) is 0 Å². The summed E-state index contributed by atoms with van der Waals surface area (Å²) >= 11 is 0. The molecule has 39 heavy (non-hydrogen) atoms. The number of methoxy groups -OCH3 is 1. The highest BCUT2D eigenvalue weighted by Gasteiger charge is 2.68. The highest BCUT2D eigenvalue weighted by atomic mass is 16.7. The number of ketones is 2. The largest absolute Gasteiger partial charge is 0.467 e. The zero-order chi connectivity index (χ0) is 28.5. The summed E-state index contributed by atoms with van der Waals surface area (Å²) < 4.78 is 15.3. The Morgan fingerprint density at radius 1 is 1.10 bits per heavy atom. The van der Waals surface area contributed by atoms with E-state index in [-0.39, 0.29) is 36.4 Å². The van der Waals surface area contributed by atoms with Crippen molar-refractivity contribution in [3.05, 3.63) is 23.8 Å². The molecule has 1 heterocycles. The van der Waals surface area contributed by atoms with Gasteiger partial charge in [0.2, 0.25) is 0 Å². The van der Waals surface area contributed by atoms with Gasteiger partial charge in [-0.15, -0.1) is 0 Å². The van der Waals surface area contributed by atoms with Gasteiger partial charge in [0.1, 0.15) is 30.5 Å². The third kappa shape index (κ3) is 4.16. The first-order valence-electron chi connectivity index (χ1n) is 13.6. The van der Waals surface area contributed by atoms with Crippen LogP contribution in [0.15, 0.2) is 23.8 Å². The molecule has 0 bridgehead atoms. The number of hydrogen-bond acceptors (Lipinski definition) is 11. The molecule has 5 rings (SSSR count). The molecule has 11 heteroatoms. The van der Waals surface area contributed by atoms with Crippen LogP contribution in [0.3, 0.4) is 0 Å². The summed E-state index contributed by atoms with van der Waals surface area (Å²) in [4.78, 5) is 37.5. The number of esters is 1. The minimum absolute atomic E-state index is 0.0300. The molecule has 3 saturated carbocycles. The summed E-state index contributed by atoms with van der Waals surface area (Å²) in [5.41, 5.74) is -2.23. The Morgan fingerprint density at radius 3 is 2.51 bits per heavy atom. The van der Waals surface area contributed by atoms with E-state index in [0.29, 0.717) is 12.8 Å². The van der Waals surface area contributed by atoms with Gasteiger partial charge in [-0.1, -0.05) is 25.5 Å². The molecule has 0 amide bonds. The smallest absolute Gasteiger partial charge is 0.337 e. The van der Waals surface area contributed by atoms with Crippen LogP contribution >= 0.6 is 0 Å². The molecule has 0 aromatic carbocycles. The van der Waals surface area contributed by atoms with E-state index in [1.165, 1.54) is 0 Å². The molecule has 5 N–H and O–H groups in total. The summed E-state index contributed by atoms with van der Waals surface area (Å²) in [5.74, 6) is -1.87. The van der Waals surface area contributed by atoms with E-state index in [4.69, 9.17) is 9.47 Å². The average molecular weight is 551 g/mol. The second-order valence-electron chi connectivity index (χ2n) is 12.3. The Hall–Kier alpha value is -1.99. The Bertz CT molecular complexity index is 1100. The van der Waals surface area contributed by atoms with Crippen molar-refractivity contribution in [2.45, 2.75) is 88.4 Å². The van der Waals surface area contributed by atoms with Crippen LogP contribution in [0.5, 0.6) is 0 Å². The van der Waals surface area contributed by atoms with Gasteiger partial charge in [0.25, 0.3) is 0 Å². The molecule has 4 fully saturated rings. The molecular formula is C28H38O11. The molecule has 4 aliphatic carbocycles. The van der Waals surface area contributed by atoms with Gasteiger partial charge in [0.05, 0.1) is 13.2 Å². The topological polar surface area (TPSA) is 180 Å². The quantitative estimate of drug-likeness (QED) is 0.280. The van der Waals surface area contributed by atoms with Gasteiger partial charge in [0.15, 0.2) is 24.0 Å². The van der Waals surface area contributed by atoms with E-state index in [2.05, 4.69) is 4.74 Å². The molecule has 12 unspecified atom stereocenters. The van der Waals surface area contributed by atoms with Crippen molar-refractivity contribution in [1.82, 2.24) is 0 Å². The predicted octanol–water partition coefficient (Wildman–Crippen LogP) is -0.437. The third-order valence-electron chi connectivity index (χ3n) is 10.5. The van der Waals surface area contributed by atoms with Crippen LogP contribution in [-0.4, -0.2) is 99.2 Å². The maximum atomic E-state index is 13.5. The number of ether oxygens (including phenoxy) is 3. The van der Waals surface area contributed by atoms with Crippen LogP contribution in [-0.2, 0) is 28.6 Å². The fourth-order valence-electron chi connectivity index (χ4n) is 8.36. The number of carbonyl (C=O) groups is 3. The first-order chi connectivity index (χ1) is 18.3. The SMILES string of the molecule is COC(=O)C1OC(OCC(=O)C2(O)CCC3C4CCC5=CC(=O)C=CC5(C)C4C(O)CC32C)C(O)C(O)C1O. The van der Waals surface area contributed by atoms with E-state index >= 15 is 0 Å². The Labute approximate surface area is 226 Å². The van der Waals surface area contributed by atoms with Crippen molar-refractivity contribution in [1.29, 1.82) is 0 Å². The zero-order valence-corrected chi connectivity index (χ0v) is 22.4. The molecule has 0 radical (unpaired) electrons. The number of allylic oxidation sites excluding steroid dienone is 4. The van der Waals surface area contributed by atoms with Crippen LogP contribution in [0.1, 0.15) is 46.0 Å². The molecule has 11 nitrogen and oxygen atoms in total. The van der Waals surface area contributed by atoms with Gasteiger partial charge in [-0.05, 0) is 56.1 Å². The monoisotopic (exact) mass is 550 g/mol. The van der Waals surface area contributed by atoms with E-state index < -0.39 is 71.6 Å². The molecule has 216 valence electrons. The molecule has 1 saturated heterocycles. The number of aliphatic hydroxyl groups excluding tert-OH is 4. The number of carbonyl (C=O) groups excluding carboxylic acids is 3. The van der Waals surface area contributed by atoms with Crippen molar-refractivity contribution >= 4 is 17.5 Å². The first-order valence-corrected chi connectivity index (χ1v) is 13.6. The molecule has 1 aliphatic heterocycles. The van der Waals surface area contributed by atoms with E-state index in [9.17, 15) is 39.9 Å². The van der Waals surface area contributed by atoms with Crippen LogP contribution in [0.2, 0.25) is 0 Å². The molecule has 5 aliphatic rings. The Balaban J connectivity index is 1.33. The van der Waals surface area contributed by atoms with Gasteiger partial charge >= 0.3 is 5.97 Å². The van der Waals surface area contributed by atoms with E-state index in [1.807, 2.05) is 19.9 Å². The van der Waals surface area contributed by atoms with Gasteiger partial charge in [0, 0.05) is 16.7 Å². The maximum absolute atomic E-state index is 13.5. The van der Waals surface area contributed by atoms with Crippen LogP contribution in [0, 0.1) is 28.6 Å². The second kappa shape index (κ2) is 9.83. The van der Waals surface area contributed by atoms with Gasteiger partial charge in [-0.3, -0.25) is 9.59 Å². The minimum Gasteiger partial charge on any atom is -0.467 e. The lowest BCUT2D eigenvalue weighted by molar-refractivity contribution is -0.293. The summed E-state index contributed by atoms with van der Waals surface area (Å²) in [7, 11) is 1.07.